The number of hydrogen-bond acceptors (Lipinski definition) is 5. The van der Waals surface area contributed by atoms with Gasteiger partial charge in [0, 0.05) is 18.7 Å². The number of nitrogens with one attached hydrogen (secondary N) is 2. The topological polar surface area (TPSA) is 87.7 Å². The molecule has 0 unspecified atom stereocenters. The van der Waals surface area contributed by atoms with Crippen LogP contribution in [-0.2, 0) is 4.79 Å². The molecule has 128 valence electrons. The van der Waals surface area contributed by atoms with Gasteiger partial charge >= 0.3 is 0 Å². The fourth-order valence-electron chi connectivity index (χ4n) is 2.02. The van der Waals surface area contributed by atoms with Crippen molar-refractivity contribution in [2.75, 3.05) is 25.0 Å². The molecule has 0 spiro atoms. The number of ketones is 1. The summed E-state index contributed by atoms with van der Waals surface area (Å²) in [5, 5.41) is 15.5. The van der Waals surface area contributed by atoms with Crippen LogP contribution in [0.25, 0.3) is 0 Å². The average Bonchev–Trinajstić information content (AvgIpc) is 2.51. The molecule has 23 heavy (non-hydrogen) atoms. The molecule has 1 aromatic rings. The van der Waals surface area contributed by atoms with E-state index in [4.69, 9.17) is 4.74 Å². The number of rotatable bonds is 10. The summed E-state index contributed by atoms with van der Waals surface area (Å²) >= 11 is 0. The van der Waals surface area contributed by atoms with Gasteiger partial charge < -0.3 is 20.5 Å². The lowest BCUT2D eigenvalue weighted by atomic mass is 10.1. The number of ether oxygens (including phenoxy) is 1. The number of aliphatic hydroxyl groups excluding tert-OH is 1. The smallest absolute Gasteiger partial charge is 0.224 e. The fraction of sp³-hybridized carbons (Fsp3) is 0.529. The normalized spacial score (nSPS) is 11.8. The van der Waals surface area contributed by atoms with Gasteiger partial charge in [0.25, 0.3) is 0 Å². The monoisotopic (exact) mass is 322 g/mol. The molecule has 0 aliphatic rings. The minimum absolute atomic E-state index is 0.0864. The number of carbonyl (C=O) groups is 2. The van der Waals surface area contributed by atoms with Crippen molar-refractivity contribution in [3.8, 4) is 5.75 Å². The first-order valence-electron chi connectivity index (χ1n) is 7.94. The molecule has 0 aliphatic carbocycles. The minimum Gasteiger partial charge on any atom is -0.490 e. The Morgan fingerprint density at radius 2 is 2.04 bits per heavy atom. The lowest BCUT2D eigenvalue weighted by molar-refractivity contribution is -0.116. The van der Waals surface area contributed by atoms with Crippen LogP contribution >= 0.6 is 0 Å². The molecule has 0 radical (unpaired) electrons. The van der Waals surface area contributed by atoms with Crippen LogP contribution in [0.4, 0.5) is 5.69 Å². The maximum absolute atomic E-state index is 11.8. The Labute approximate surface area is 137 Å². The highest BCUT2D eigenvalue weighted by Gasteiger charge is 2.13. The lowest BCUT2D eigenvalue weighted by Gasteiger charge is -2.15. The highest BCUT2D eigenvalue weighted by atomic mass is 16.5. The Morgan fingerprint density at radius 3 is 2.65 bits per heavy atom. The zero-order chi connectivity index (χ0) is 17.2. The highest BCUT2D eigenvalue weighted by Crippen LogP contribution is 2.24. The van der Waals surface area contributed by atoms with E-state index in [-0.39, 0.29) is 18.3 Å². The standard InChI is InChI=1S/C17H26N2O4/c1-4-6-17(22)19-13-7-8-16(15(9-13)12(3)20)23-11-14(21)10-18-5-2/h7-9,14,18,21H,4-6,10-11H2,1-3H3,(H,19,22)/t14-/m0/s1. The molecule has 0 saturated heterocycles. The van der Waals surface area contributed by atoms with Crippen molar-refractivity contribution in [3.63, 3.8) is 0 Å². The summed E-state index contributed by atoms with van der Waals surface area (Å²) in [7, 11) is 0. The van der Waals surface area contributed by atoms with Gasteiger partial charge in [-0.1, -0.05) is 13.8 Å². The summed E-state index contributed by atoms with van der Waals surface area (Å²) in [4.78, 5) is 23.4. The van der Waals surface area contributed by atoms with E-state index in [1.807, 2.05) is 13.8 Å². The Hall–Kier alpha value is -1.92. The highest BCUT2D eigenvalue weighted by molar-refractivity contribution is 5.99. The Morgan fingerprint density at radius 1 is 1.30 bits per heavy atom. The molecule has 0 fully saturated rings. The quantitative estimate of drug-likeness (QED) is 0.573. The number of carbonyl (C=O) groups excluding carboxylic acids is 2. The van der Waals surface area contributed by atoms with Gasteiger partial charge in [0.1, 0.15) is 18.5 Å². The molecule has 1 aromatic carbocycles. The Kier molecular flexibility index (Phi) is 8.29. The van der Waals surface area contributed by atoms with E-state index in [0.29, 0.717) is 30.0 Å². The summed E-state index contributed by atoms with van der Waals surface area (Å²) < 4.78 is 5.54. The van der Waals surface area contributed by atoms with Crippen LogP contribution in [0.5, 0.6) is 5.75 Å². The van der Waals surface area contributed by atoms with Crippen molar-refractivity contribution in [1.29, 1.82) is 0 Å². The van der Waals surface area contributed by atoms with Gasteiger partial charge in [-0.3, -0.25) is 9.59 Å². The number of aliphatic hydroxyl groups is 1. The van der Waals surface area contributed by atoms with Crippen LogP contribution in [0, 0.1) is 0 Å². The molecule has 0 heterocycles. The van der Waals surface area contributed by atoms with Gasteiger partial charge in [0.15, 0.2) is 5.78 Å². The van der Waals surface area contributed by atoms with Gasteiger partial charge in [0.05, 0.1) is 5.56 Å². The number of anilines is 1. The third-order valence-corrected chi connectivity index (χ3v) is 3.18. The van der Waals surface area contributed by atoms with Crippen LogP contribution in [0.2, 0.25) is 0 Å². The van der Waals surface area contributed by atoms with E-state index >= 15 is 0 Å². The summed E-state index contributed by atoms with van der Waals surface area (Å²) in [6.45, 7) is 6.60. The van der Waals surface area contributed by atoms with Crippen molar-refractivity contribution in [2.24, 2.45) is 0 Å². The van der Waals surface area contributed by atoms with Gasteiger partial charge in [-0.05, 0) is 38.1 Å². The van der Waals surface area contributed by atoms with Crippen molar-refractivity contribution in [2.45, 2.75) is 39.7 Å². The van der Waals surface area contributed by atoms with Gasteiger partial charge in [-0.15, -0.1) is 0 Å². The van der Waals surface area contributed by atoms with Gasteiger partial charge in [0.2, 0.25) is 5.91 Å². The van der Waals surface area contributed by atoms with E-state index in [0.717, 1.165) is 13.0 Å². The molecule has 6 nitrogen and oxygen atoms in total. The first-order chi connectivity index (χ1) is 11.0. The number of likely N-dealkylation sites (N-methyl/N-ethyl adjacent to an activating group) is 1. The molecule has 1 atom stereocenters. The second kappa shape index (κ2) is 9.97. The molecule has 3 N–H and O–H groups in total. The predicted octanol–water partition coefficient (Wildman–Crippen LogP) is 1.98. The molecule has 6 heteroatoms. The number of benzene rings is 1. The first kappa shape index (κ1) is 19.1. The maximum atomic E-state index is 11.8. The van der Waals surface area contributed by atoms with Crippen LogP contribution in [-0.4, -0.2) is 42.6 Å². The predicted molar refractivity (Wildman–Crippen MR) is 90.0 cm³/mol. The number of amides is 1. The molecule has 0 bridgehead atoms. The van der Waals surface area contributed by atoms with Crippen molar-refractivity contribution < 1.29 is 19.4 Å². The van der Waals surface area contributed by atoms with Crippen molar-refractivity contribution >= 4 is 17.4 Å². The summed E-state index contributed by atoms with van der Waals surface area (Å²) in [6, 6.07) is 4.92. The van der Waals surface area contributed by atoms with Crippen molar-refractivity contribution in [3.05, 3.63) is 23.8 Å². The summed E-state index contributed by atoms with van der Waals surface area (Å²) in [6.07, 6.45) is 0.541. The minimum atomic E-state index is -0.654. The van der Waals surface area contributed by atoms with E-state index in [9.17, 15) is 14.7 Å². The second-order valence-corrected chi connectivity index (χ2v) is 5.34. The maximum Gasteiger partial charge on any atom is 0.224 e. The van der Waals surface area contributed by atoms with E-state index in [2.05, 4.69) is 10.6 Å². The van der Waals surface area contributed by atoms with Crippen LogP contribution in [0.3, 0.4) is 0 Å². The molecule has 1 amide bonds. The molecule has 1 rings (SSSR count). The zero-order valence-electron chi connectivity index (χ0n) is 14.0. The largest absolute Gasteiger partial charge is 0.490 e. The Bertz CT molecular complexity index is 531. The van der Waals surface area contributed by atoms with Crippen LogP contribution in [0.15, 0.2) is 18.2 Å². The Balaban J connectivity index is 2.76. The summed E-state index contributed by atoms with van der Waals surface area (Å²) in [5.74, 6) is 0.158. The SMILES string of the molecule is CCCC(=O)Nc1ccc(OC[C@@H](O)CNCC)c(C(C)=O)c1. The third-order valence-electron chi connectivity index (χ3n) is 3.18. The average molecular weight is 322 g/mol. The molecular weight excluding hydrogens is 296 g/mol. The molecule has 0 aromatic heterocycles. The van der Waals surface area contributed by atoms with Crippen LogP contribution < -0.4 is 15.4 Å². The summed E-state index contributed by atoms with van der Waals surface area (Å²) in [5.41, 5.74) is 0.948. The lowest BCUT2D eigenvalue weighted by Crippen LogP contribution is -2.31. The van der Waals surface area contributed by atoms with E-state index in [1.54, 1.807) is 18.2 Å². The zero-order valence-corrected chi connectivity index (χ0v) is 14.0. The molecule has 0 aliphatic heterocycles. The fourth-order valence-corrected chi connectivity index (χ4v) is 2.02. The number of Topliss-reactive ketones (excluding diaryl/α,β-unsaturated/α-hetero) is 1. The first-order valence-corrected chi connectivity index (χ1v) is 7.94. The third kappa shape index (κ3) is 6.80. The molecular formula is C17H26N2O4. The second-order valence-electron chi connectivity index (χ2n) is 5.34. The number of hydrogen-bond donors (Lipinski definition) is 3. The van der Waals surface area contributed by atoms with E-state index < -0.39 is 6.10 Å². The van der Waals surface area contributed by atoms with Gasteiger partial charge in [-0.25, -0.2) is 0 Å². The van der Waals surface area contributed by atoms with Crippen molar-refractivity contribution in [1.82, 2.24) is 5.32 Å². The van der Waals surface area contributed by atoms with Crippen LogP contribution in [0.1, 0.15) is 44.0 Å². The van der Waals surface area contributed by atoms with E-state index in [1.165, 1.54) is 6.92 Å². The van der Waals surface area contributed by atoms with Gasteiger partial charge in [-0.2, -0.15) is 0 Å². The molecule has 0 saturated carbocycles.